The molecule has 0 radical (unpaired) electrons. The van der Waals surface area contributed by atoms with Gasteiger partial charge < -0.3 is 0 Å². The van der Waals surface area contributed by atoms with Crippen LogP contribution in [0.25, 0.3) is 0 Å². The molecule has 1 nitrogen and oxygen atoms in total. The Balaban J connectivity index is 2.12. The molecule has 1 fully saturated rings. The van der Waals surface area contributed by atoms with Crippen LogP contribution in [0.1, 0.15) is 45.6 Å². The Bertz CT molecular complexity index is 504. The standard InChI is InChI=1S/C17H22BrClO/c1-17(2,3)13-5-7-16(20)12(9-13)8-11-4-6-14(18)10-15(11)19/h4,6,10,12-13H,5,7-9H2,1-3H3. The second-order valence-corrected chi connectivity index (χ2v) is 8.26. The molecular weight excluding hydrogens is 336 g/mol. The van der Waals surface area contributed by atoms with Gasteiger partial charge in [0.25, 0.3) is 0 Å². The highest BCUT2D eigenvalue weighted by atomic mass is 79.9. The van der Waals surface area contributed by atoms with Crippen LogP contribution in [-0.4, -0.2) is 5.78 Å². The first-order valence-electron chi connectivity index (χ1n) is 7.24. The SMILES string of the molecule is CC(C)(C)C1CCC(=O)C(Cc2ccc(Br)cc2Cl)C1. The van der Waals surface area contributed by atoms with Gasteiger partial charge in [0.2, 0.25) is 0 Å². The predicted molar refractivity (Wildman–Crippen MR) is 88.1 cm³/mol. The van der Waals surface area contributed by atoms with Crippen molar-refractivity contribution in [1.29, 1.82) is 0 Å². The van der Waals surface area contributed by atoms with Gasteiger partial charge >= 0.3 is 0 Å². The fourth-order valence-corrected chi connectivity index (χ4v) is 3.80. The van der Waals surface area contributed by atoms with Gasteiger partial charge in [0.1, 0.15) is 5.78 Å². The van der Waals surface area contributed by atoms with Gasteiger partial charge in [0.05, 0.1) is 0 Å². The van der Waals surface area contributed by atoms with Gasteiger partial charge in [-0.15, -0.1) is 0 Å². The second-order valence-electron chi connectivity index (χ2n) is 6.94. The smallest absolute Gasteiger partial charge is 0.136 e. The average Bonchev–Trinajstić information content (AvgIpc) is 2.33. The van der Waals surface area contributed by atoms with Gasteiger partial charge in [-0.05, 0) is 48.3 Å². The topological polar surface area (TPSA) is 17.1 Å². The lowest BCUT2D eigenvalue weighted by Gasteiger charge is -2.37. The summed E-state index contributed by atoms with van der Waals surface area (Å²) >= 11 is 9.70. The molecule has 0 spiro atoms. The molecule has 1 saturated carbocycles. The minimum Gasteiger partial charge on any atom is -0.299 e. The Morgan fingerprint density at radius 3 is 2.65 bits per heavy atom. The minimum absolute atomic E-state index is 0.131. The van der Waals surface area contributed by atoms with E-state index in [2.05, 4.69) is 36.7 Å². The maximum absolute atomic E-state index is 12.2. The summed E-state index contributed by atoms with van der Waals surface area (Å²) in [5, 5.41) is 0.755. The Morgan fingerprint density at radius 1 is 1.35 bits per heavy atom. The van der Waals surface area contributed by atoms with Crippen molar-refractivity contribution in [2.24, 2.45) is 17.3 Å². The first-order chi connectivity index (χ1) is 9.27. The van der Waals surface area contributed by atoms with Crippen molar-refractivity contribution in [2.45, 2.75) is 46.5 Å². The monoisotopic (exact) mass is 356 g/mol. The van der Waals surface area contributed by atoms with E-state index in [-0.39, 0.29) is 11.3 Å². The summed E-state index contributed by atoms with van der Waals surface area (Å²) in [5.41, 5.74) is 1.37. The number of Topliss-reactive ketones (excluding diaryl/α,β-unsaturated/α-hetero) is 1. The Hall–Kier alpha value is -0.340. The van der Waals surface area contributed by atoms with Crippen LogP contribution in [0.3, 0.4) is 0 Å². The van der Waals surface area contributed by atoms with E-state index in [0.717, 1.165) is 40.7 Å². The molecule has 1 aromatic rings. The zero-order chi connectivity index (χ0) is 14.9. The molecule has 2 unspecified atom stereocenters. The van der Waals surface area contributed by atoms with E-state index in [1.54, 1.807) is 0 Å². The normalized spacial score (nSPS) is 23.9. The number of halogens is 2. The van der Waals surface area contributed by atoms with Gasteiger partial charge in [0, 0.05) is 21.8 Å². The number of hydrogen-bond donors (Lipinski definition) is 0. The highest BCUT2D eigenvalue weighted by Crippen LogP contribution is 2.40. The molecule has 2 rings (SSSR count). The van der Waals surface area contributed by atoms with Crippen LogP contribution >= 0.6 is 27.5 Å². The fourth-order valence-electron chi connectivity index (χ4n) is 3.05. The molecule has 110 valence electrons. The van der Waals surface area contributed by atoms with E-state index in [4.69, 9.17) is 11.6 Å². The lowest BCUT2D eigenvalue weighted by Crippen LogP contribution is -2.33. The molecule has 0 N–H and O–H groups in total. The van der Waals surface area contributed by atoms with Gasteiger partial charge in [-0.25, -0.2) is 0 Å². The first kappa shape index (κ1) is 16.0. The Labute approximate surface area is 135 Å². The lowest BCUT2D eigenvalue weighted by molar-refractivity contribution is -0.126. The molecule has 0 saturated heterocycles. The van der Waals surface area contributed by atoms with Crippen molar-refractivity contribution < 1.29 is 4.79 Å². The lowest BCUT2D eigenvalue weighted by atomic mass is 9.67. The zero-order valence-electron chi connectivity index (χ0n) is 12.4. The van der Waals surface area contributed by atoms with Crippen molar-refractivity contribution >= 4 is 33.3 Å². The highest BCUT2D eigenvalue weighted by molar-refractivity contribution is 9.10. The van der Waals surface area contributed by atoms with Gasteiger partial charge in [-0.2, -0.15) is 0 Å². The predicted octanol–water partition coefficient (Wildman–Crippen LogP) is 5.68. The molecule has 0 bridgehead atoms. The van der Waals surface area contributed by atoms with E-state index in [1.165, 1.54) is 0 Å². The largest absolute Gasteiger partial charge is 0.299 e. The van der Waals surface area contributed by atoms with Crippen molar-refractivity contribution in [3.63, 3.8) is 0 Å². The number of carbonyl (C=O) groups is 1. The third-order valence-corrected chi connectivity index (χ3v) is 5.31. The van der Waals surface area contributed by atoms with Crippen molar-refractivity contribution in [3.8, 4) is 0 Å². The van der Waals surface area contributed by atoms with E-state index in [0.29, 0.717) is 11.7 Å². The molecule has 0 aliphatic heterocycles. The van der Waals surface area contributed by atoms with E-state index in [9.17, 15) is 4.79 Å². The molecule has 3 heteroatoms. The maximum Gasteiger partial charge on any atom is 0.136 e. The van der Waals surface area contributed by atoms with Crippen LogP contribution in [-0.2, 0) is 11.2 Å². The number of carbonyl (C=O) groups excluding carboxylic acids is 1. The maximum atomic E-state index is 12.2. The van der Waals surface area contributed by atoms with Crippen molar-refractivity contribution in [2.75, 3.05) is 0 Å². The van der Waals surface area contributed by atoms with Gasteiger partial charge in [-0.3, -0.25) is 4.79 Å². The van der Waals surface area contributed by atoms with E-state index in [1.807, 2.05) is 18.2 Å². The summed E-state index contributed by atoms with van der Waals surface area (Å²) < 4.78 is 0.980. The van der Waals surface area contributed by atoms with Crippen molar-refractivity contribution in [1.82, 2.24) is 0 Å². The van der Waals surface area contributed by atoms with Gasteiger partial charge in [0.15, 0.2) is 0 Å². The van der Waals surface area contributed by atoms with E-state index >= 15 is 0 Å². The third-order valence-electron chi connectivity index (χ3n) is 4.47. The average molecular weight is 358 g/mol. The summed E-state index contributed by atoms with van der Waals surface area (Å²) in [7, 11) is 0. The summed E-state index contributed by atoms with van der Waals surface area (Å²) in [5.74, 6) is 1.16. The van der Waals surface area contributed by atoms with E-state index < -0.39 is 0 Å². The molecule has 0 heterocycles. The molecule has 0 amide bonds. The molecule has 20 heavy (non-hydrogen) atoms. The van der Waals surface area contributed by atoms with Crippen LogP contribution in [0.4, 0.5) is 0 Å². The Kier molecular flexibility index (Phi) is 4.96. The third kappa shape index (κ3) is 3.85. The molecular formula is C17H22BrClO. The van der Waals surface area contributed by atoms with Crippen molar-refractivity contribution in [3.05, 3.63) is 33.3 Å². The Morgan fingerprint density at radius 2 is 2.05 bits per heavy atom. The minimum atomic E-state index is 0.131. The number of hydrogen-bond acceptors (Lipinski definition) is 1. The highest BCUT2D eigenvalue weighted by Gasteiger charge is 2.34. The summed E-state index contributed by atoms with van der Waals surface area (Å²) in [6.07, 6.45) is 3.53. The molecule has 1 aliphatic carbocycles. The molecule has 1 aliphatic rings. The molecule has 2 atom stereocenters. The van der Waals surface area contributed by atoms with Crippen LogP contribution in [0.5, 0.6) is 0 Å². The number of benzene rings is 1. The quantitative estimate of drug-likeness (QED) is 0.666. The van der Waals surface area contributed by atoms with Crippen LogP contribution < -0.4 is 0 Å². The van der Waals surface area contributed by atoms with Crippen LogP contribution in [0.2, 0.25) is 5.02 Å². The first-order valence-corrected chi connectivity index (χ1v) is 8.41. The second kappa shape index (κ2) is 6.19. The summed E-state index contributed by atoms with van der Waals surface area (Å²) in [6.45, 7) is 6.82. The summed E-state index contributed by atoms with van der Waals surface area (Å²) in [4.78, 5) is 12.2. The van der Waals surface area contributed by atoms with Crippen LogP contribution in [0, 0.1) is 17.3 Å². The summed E-state index contributed by atoms with van der Waals surface area (Å²) in [6, 6.07) is 5.93. The molecule has 0 aromatic heterocycles. The number of ketones is 1. The van der Waals surface area contributed by atoms with Crippen LogP contribution in [0.15, 0.2) is 22.7 Å². The fraction of sp³-hybridized carbons (Fsp3) is 0.588. The van der Waals surface area contributed by atoms with Gasteiger partial charge in [-0.1, -0.05) is 54.4 Å². The molecule has 1 aromatic carbocycles. The zero-order valence-corrected chi connectivity index (χ0v) is 14.7. The number of rotatable bonds is 2.